The zero-order chi connectivity index (χ0) is 26.4. The summed E-state index contributed by atoms with van der Waals surface area (Å²) in [6.45, 7) is 7.98. The Labute approximate surface area is 225 Å². The highest BCUT2D eigenvalue weighted by molar-refractivity contribution is 6.33. The number of anilines is 3. The van der Waals surface area contributed by atoms with Gasteiger partial charge in [0, 0.05) is 48.5 Å². The number of pyridine rings is 3. The molecule has 0 saturated carbocycles. The number of urea groups is 1. The number of halogens is 1. The molecule has 3 aliphatic rings. The highest BCUT2D eigenvalue weighted by Crippen LogP contribution is 2.43. The summed E-state index contributed by atoms with van der Waals surface area (Å²) in [6.07, 6.45) is 3.99. The fourth-order valence-corrected chi connectivity index (χ4v) is 5.41. The lowest BCUT2D eigenvalue weighted by atomic mass is 10.1. The van der Waals surface area contributed by atoms with Crippen LogP contribution in [0.2, 0.25) is 5.02 Å². The summed E-state index contributed by atoms with van der Waals surface area (Å²) in [5.74, 6) is 0.366. The molecule has 0 aromatic carbocycles. The van der Waals surface area contributed by atoms with Crippen LogP contribution in [0.5, 0.6) is 5.88 Å². The van der Waals surface area contributed by atoms with Crippen molar-refractivity contribution >= 4 is 34.8 Å². The summed E-state index contributed by atoms with van der Waals surface area (Å²) < 4.78 is 17.2. The van der Waals surface area contributed by atoms with Gasteiger partial charge < -0.3 is 24.4 Å². The van der Waals surface area contributed by atoms with Gasteiger partial charge in [0.15, 0.2) is 11.6 Å². The number of hydrogen-bond acceptors (Lipinski definition) is 8. The van der Waals surface area contributed by atoms with Crippen LogP contribution in [0.1, 0.15) is 26.0 Å². The van der Waals surface area contributed by atoms with Crippen LogP contribution >= 0.6 is 11.6 Å². The van der Waals surface area contributed by atoms with Crippen molar-refractivity contribution in [1.82, 2.24) is 15.0 Å². The zero-order valence-electron chi connectivity index (χ0n) is 21.5. The van der Waals surface area contributed by atoms with Crippen LogP contribution in [-0.2, 0) is 9.47 Å². The maximum atomic E-state index is 13.7. The number of carbonyl (C=O) groups is 1. The highest BCUT2D eigenvalue weighted by atomic mass is 35.5. The first kappa shape index (κ1) is 24.8. The molecular weight excluding hydrogens is 508 g/mol. The minimum absolute atomic E-state index is 0.00336. The lowest BCUT2D eigenvalue weighted by molar-refractivity contribution is -0.141. The summed E-state index contributed by atoms with van der Waals surface area (Å²) in [5, 5.41) is 3.55. The standard InChI is InChI=1S/C27H29ClN6O4/c1-16-10-17(4-7-29-16)24-21(28)12-22-25(32-24)34(19-6-9-33(22)13-19)26(35)31-18-5-8-30-23(11-18)36-14-20-15-37-27(2,3)38-20/h4-5,7-8,10-12,19-20H,6,9,13-15H2,1-3H3,(H,30,31,35)/t19-,20?/m0/s1. The fraction of sp³-hybridized carbons (Fsp3) is 0.407. The second-order valence-electron chi connectivity index (χ2n) is 10.2. The van der Waals surface area contributed by atoms with Crippen molar-refractivity contribution in [1.29, 1.82) is 0 Å². The average molecular weight is 537 g/mol. The fourth-order valence-electron chi connectivity index (χ4n) is 5.15. The van der Waals surface area contributed by atoms with Crippen molar-refractivity contribution < 1.29 is 19.0 Å². The molecule has 0 radical (unpaired) electrons. The van der Waals surface area contributed by atoms with E-state index in [-0.39, 0.29) is 18.2 Å². The number of nitrogens with zero attached hydrogens (tertiary/aromatic N) is 5. The molecule has 2 bridgehead atoms. The van der Waals surface area contributed by atoms with Gasteiger partial charge in [0.25, 0.3) is 0 Å². The van der Waals surface area contributed by atoms with Crippen LogP contribution in [0.15, 0.2) is 42.7 Å². The third kappa shape index (κ3) is 4.87. The molecule has 2 amide bonds. The molecule has 2 saturated heterocycles. The third-order valence-electron chi connectivity index (χ3n) is 6.89. The number of aryl methyl sites for hydroxylation is 1. The van der Waals surface area contributed by atoms with Gasteiger partial charge in [-0.1, -0.05) is 11.6 Å². The Balaban J connectivity index is 1.23. The quantitative estimate of drug-likeness (QED) is 0.502. The first-order valence-corrected chi connectivity index (χ1v) is 13.0. The van der Waals surface area contributed by atoms with Crippen LogP contribution in [0.4, 0.5) is 22.0 Å². The SMILES string of the molecule is Cc1cc(-c2nc3c(cc2Cl)N2CC[C@@H](C2)N3C(=O)Nc2ccnc(OCC3COC(C)(C)O3)c2)ccn1. The molecule has 6 rings (SSSR count). The number of hydrogen-bond donors (Lipinski definition) is 1. The van der Waals surface area contributed by atoms with Crippen LogP contribution in [-0.4, -0.2) is 65.2 Å². The van der Waals surface area contributed by atoms with Gasteiger partial charge in [-0.3, -0.25) is 9.88 Å². The molecule has 2 fully saturated rings. The van der Waals surface area contributed by atoms with Crippen LogP contribution in [0.25, 0.3) is 11.3 Å². The van der Waals surface area contributed by atoms with Gasteiger partial charge in [0.05, 0.1) is 29.1 Å². The van der Waals surface area contributed by atoms with E-state index in [9.17, 15) is 4.79 Å². The highest BCUT2D eigenvalue weighted by Gasteiger charge is 2.41. The van der Waals surface area contributed by atoms with E-state index in [4.69, 9.17) is 30.8 Å². The summed E-state index contributed by atoms with van der Waals surface area (Å²) in [7, 11) is 0. The van der Waals surface area contributed by atoms with Gasteiger partial charge in [-0.2, -0.15) is 0 Å². The maximum Gasteiger partial charge on any atom is 0.327 e. The molecule has 2 atom stereocenters. The predicted octanol–water partition coefficient (Wildman–Crippen LogP) is 4.66. The number of nitrogens with one attached hydrogen (secondary N) is 1. The molecule has 198 valence electrons. The minimum Gasteiger partial charge on any atom is -0.475 e. The second kappa shape index (κ2) is 9.68. The molecule has 38 heavy (non-hydrogen) atoms. The van der Waals surface area contributed by atoms with E-state index in [0.29, 0.717) is 41.3 Å². The minimum atomic E-state index is -0.619. The lowest BCUT2D eigenvalue weighted by Gasteiger charge is -2.36. The van der Waals surface area contributed by atoms with Gasteiger partial charge in [0.2, 0.25) is 5.88 Å². The first-order chi connectivity index (χ1) is 18.3. The normalized spacial score (nSPS) is 21.4. The molecule has 3 aromatic rings. The number of ether oxygens (including phenoxy) is 3. The van der Waals surface area contributed by atoms with Crippen molar-refractivity contribution in [3.8, 4) is 17.1 Å². The van der Waals surface area contributed by atoms with Crippen molar-refractivity contribution in [2.24, 2.45) is 0 Å². The van der Waals surface area contributed by atoms with E-state index in [1.165, 1.54) is 0 Å². The molecule has 1 unspecified atom stereocenters. The topological polar surface area (TPSA) is 102 Å². The van der Waals surface area contributed by atoms with Gasteiger partial charge in [-0.05, 0) is 51.5 Å². The van der Waals surface area contributed by atoms with Crippen molar-refractivity contribution in [3.63, 3.8) is 0 Å². The monoisotopic (exact) mass is 536 g/mol. The summed E-state index contributed by atoms with van der Waals surface area (Å²) in [6, 6.07) is 8.88. The largest absolute Gasteiger partial charge is 0.475 e. The van der Waals surface area contributed by atoms with Crippen LogP contribution < -0.4 is 19.9 Å². The average Bonchev–Trinajstić information content (AvgIpc) is 3.46. The molecule has 1 N–H and O–H groups in total. The third-order valence-corrected chi connectivity index (χ3v) is 7.18. The predicted molar refractivity (Wildman–Crippen MR) is 144 cm³/mol. The Bertz CT molecular complexity index is 1390. The van der Waals surface area contributed by atoms with E-state index in [0.717, 1.165) is 36.5 Å². The van der Waals surface area contributed by atoms with Crippen LogP contribution in [0, 0.1) is 6.92 Å². The molecular formula is C27H29ClN6O4. The van der Waals surface area contributed by atoms with E-state index >= 15 is 0 Å². The van der Waals surface area contributed by atoms with E-state index in [1.807, 2.05) is 39.0 Å². The Morgan fingerprint density at radius 1 is 1.24 bits per heavy atom. The van der Waals surface area contributed by atoms with Gasteiger partial charge in [-0.15, -0.1) is 0 Å². The number of carbonyl (C=O) groups excluding carboxylic acids is 1. The van der Waals surface area contributed by atoms with Crippen molar-refractivity contribution in [2.45, 2.75) is 45.1 Å². The van der Waals surface area contributed by atoms with Gasteiger partial charge in [-0.25, -0.2) is 14.8 Å². The smallest absolute Gasteiger partial charge is 0.327 e. The van der Waals surface area contributed by atoms with E-state index in [1.54, 1.807) is 29.4 Å². The van der Waals surface area contributed by atoms with E-state index < -0.39 is 5.79 Å². The summed E-state index contributed by atoms with van der Waals surface area (Å²) in [4.78, 5) is 31.1. The number of fused-ring (bicyclic) bond motifs is 4. The van der Waals surface area contributed by atoms with Gasteiger partial charge >= 0.3 is 6.03 Å². The molecule has 6 heterocycles. The van der Waals surface area contributed by atoms with Crippen molar-refractivity contribution in [2.75, 3.05) is 41.4 Å². The van der Waals surface area contributed by atoms with Gasteiger partial charge in [0.1, 0.15) is 12.7 Å². The molecule has 0 spiro atoms. The Morgan fingerprint density at radius 2 is 2.08 bits per heavy atom. The summed E-state index contributed by atoms with van der Waals surface area (Å²) in [5.41, 5.74) is 3.77. The van der Waals surface area contributed by atoms with Crippen LogP contribution in [0.3, 0.4) is 0 Å². The van der Waals surface area contributed by atoms with E-state index in [2.05, 4.69) is 20.2 Å². The Morgan fingerprint density at radius 3 is 2.87 bits per heavy atom. The molecule has 0 aliphatic carbocycles. The summed E-state index contributed by atoms with van der Waals surface area (Å²) >= 11 is 6.68. The first-order valence-electron chi connectivity index (χ1n) is 12.6. The molecule has 10 nitrogen and oxygen atoms in total. The maximum absolute atomic E-state index is 13.7. The van der Waals surface area contributed by atoms with Crippen molar-refractivity contribution in [3.05, 3.63) is 53.4 Å². The molecule has 3 aromatic heterocycles. The number of amides is 2. The Kier molecular flexibility index (Phi) is 6.33. The second-order valence-corrected chi connectivity index (χ2v) is 10.6. The number of aromatic nitrogens is 3. The zero-order valence-corrected chi connectivity index (χ0v) is 22.2. The molecule has 11 heteroatoms. The Hall–Kier alpha value is -3.47. The lowest BCUT2D eigenvalue weighted by Crippen LogP contribution is -2.48. The number of rotatable bonds is 5. The molecule has 3 aliphatic heterocycles.